The number of anilines is 1. The number of ether oxygens (including phenoxy) is 2. The van der Waals surface area contributed by atoms with Gasteiger partial charge in [-0.2, -0.15) is 26.3 Å². The minimum Gasteiger partial charge on any atom is -0.457 e. The second-order valence-corrected chi connectivity index (χ2v) is 8.26. The zero-order valence-electron chi connectivity index (χ0n) is 19.7. The van der Waals surface area contributed by atoms with Gasteiger partial charge in [0, 0.05) is 28.9 Å². The number of alkyl halides is 6. The van der Waals surface area contributed by atoms with Gasteiger partial charge in [-0.1, -0.05) is 36.4 Å². The minimum absolute atomic E-state index is 0.0367. The van der Waals surface area contributed by atoms with Crippen LogP contribution in [0.1, 0.15) is 11.1 Å². The number of nitrogens with zero attached hydrogens (tertiary/aromatic N) is 1. The fourth-order valence-electron chi connectivity index (χ4n) is 4.07. The van der Waals surface area contributed by atoms with E-state index in [1.165, 1.54) is 36.4 Å². The van der Waals surface area contributed by atoms with Crippen LogP contribution < -0.4 is 15.2 Å². The van der Waals surface area contributed by atoms with Crippen molar-refractivity contribution in [2.75, 3.05) is 5.73 Å². The Morgan fingerprint density at radius 1 is 0.615 bits per heavy atom. The molecule has 12 heteroatoms. The summed E-state index contributed by atoms with van der Waals surface area (Å²) < 4.78 is 101. The highest BCUT2D eigenvalue weighted by Crippen LogP contribution is 2.60. The lowest BCUT2D eigenvalue weighted by atomic mass is 9.72. The zero-order valence-corrected chi connectivity index (χ0v) is 19.7. The molecule has 6 nitrogen and oxygen atoms in total. The smallest absolute Gasteiger partial charge is 0.411 e. The molecule has 0 amide bonds. The Hall–Kier alpha value is -4.74. The van der Waals surface area contributed by atoms with Crippen molar-refractivity contribution in [2.24, 2.45) is 0 Å². The molecule has 39 heavy (non-hydrogen) atoms. The number of nitrogen functional groups attached to an aromatic ring is 1. The van der Waals surface area contributed by atoms with Crippen molar-refractivity contribution in [3.63, 3.8) is 0 Å². The first-order valence-corrected chi connectivity index (χ1v) is 11.1. The van der Waals surface area contributed by atoms with Gasteiger partial charge < -0.3 is 15.2 Å². The molecule has 0 fully saturated rings. The topological polar surface area (TPSA) is 87.6 Å². The molecule has 4 aromatic rings. The number of nitro benzene ring substituents is 1. The second kappa shape index (κ2) is 10.2. The van der Waals surface area contributed by atoms with E-state index < -0.39 is 45.3 Å². The molecule has 0 saturated carbocycles. The molecule has 0 atom stereocenters. The maximum atomic E-state index is 15.0. The average molecular weight is 548 g/mol. The summed E-state index contributed by atoms with van der Waals surface area (Å²) in [5.41, 5.74) is -1.49. The fourth-order valence-corrected chi connectivity index (χ4v) is 4.07. The molecule has 0 saturated heterocycles. The number of halogens is 6. The van der Waals surface area contributed by atoms with Crippen LogP contribution in [0.15, 0.2) is 97.1 Å². The molecular weight excluding hydrogens is 530 g/mol. The number of para-hydroxylation sites is 2. The van der Waals surface area contributed by atoms with Crippen molar-refractivity contribution in [1.29, 1.82) is 0 Å². The number of non-ortho nitro benzene ring substituents is 1. The van der Waals surface area contributed by atoms with E-state index in [1.54, 1.807) is 0 Å². The molecule has 0 aliphatic rings. The van der Waals surface area contributed by atoms with Crippen molar-refractivity contribution in [2.45, 2.75) is 17.8 Å². The number of rotatable bonds is 7. The van der Waals surface area contributed by atoms with E-state index in [-0.39, 0.29) is 17.2 Å². The molecule has 0 unspecified atom stereocenters. The number of nitro groups is 1. The van der Waals surface area contributed by atoms with Crippen LogP contribution in [0.2, 0.25) is 0 Å². The lowest BCUT2D eigenvalue weighted by Crippen LogP contribution is -2.55. The summed E-state index contributed by atoms with van der Waals surface area (Å²) in [7, 11) is 0. The Bertz CT molecular complexity index is 1460. The Balaban J connectivity index is 1.94. The molecule has 4 rings (SSSR count). The first-order valence-electron chi connectivity index (χ1n) is 11.1. The van der Waals surface area contributed by atoms with Gasteiger partial charge in [0.2, 0.25) is 5.41 Å². The first-order chi connectivity index (χ1) is 18.3. The van der Waals surface area contributed by atoms with Gasteiger partial charge in [0.1, 0.15) is 23.0 Å². The molecular formula is C27H18F6N2O4. The molecule has 0 aliphatic carbocycles. The second-order valence-electron chi connectivity index (χ2n) is 8.26. The summed E-state index contributed by atoms with van der Waals surface area (Å²) in [6.07, 6.45) is -11.9. The van der Waals surface area contributed by atoms with Crippen LogP contribution in [-0.4, -0.2) is 17.3 Å². The number of benzene rings is 4. The summed E-state index contributed by atoms with van der Waals surface area (Å²) in [6.45, 7) is 0. The summed E-state index contributed by atoms with van der Waals surface area (Å²) in [5.74, 6) is -1.70. The maximum Gasteiger partial charge on any atom is 0.411 e. The number of nitrogens with two attached hydrogens (primary N) is 1. The van der Waals surface area contributed by atoms with E-state index in [9.17, 15) is 36.5 Å². The van der Waals surface area contributed by atoms with Gasteiger partial charge in [-0.25, -0.2) is 0 Å². The standard InChI is InChI=1S/C27H18F6N2O4/c28-26(29,30)25(27(31,32)33,21-5-1-3-7-23(21)38-19-13-9-17(34)10-14-19)22-6-2-4-8-24(22)39-20-15-11-18(12-16-20)35(36)37/h1-16H,34H2. The quantitative estimate of drug-likeness (QED) is 0.109. The highest BCUT2D eigenvalue weighted by Gasteiger charge is 2.74. The zero-order chi connectivity index (χ0) is 28.4. The van der Waals surface area contributed by atoms with Crippen molar-refractivity contribution < 1.29 is 40.7 Å². The Labute approximate surface area is 217 Å². The summed E-state index contributed by atoms with van der Waals surface area (Å²) in [4.78, 5) is 10.2. The van der Waals surface area contributed by atoms with Crippen LogP contribution in [0.4, 0.5) is 37.7 Å². The van der Waals surface area contributed by atoms with E-state index in [2.05, 4.69) is 0 Å². The maximum absolute atomic E-state index is 15.0. The molecule has 2 N–H and O–H groups in total. The molecule has 0 spiro atoms. The summed E-state index contributed by atoms with van der Waals surface area (Å²) >= 11 is 0. The highest BCUT2D eigenvalue weighted by molar-refractivity contribution is 5.57. The monoisotopic (exact) mass is 548 g/mol. The highest BCUT2D eigenvalue weighted by atomic mass is 19.4. The van der Waals surface area contributed by atoms with Crippen molar-refractivity contribution in [1.82, 2.24) is 0 Å². The van der Waals surface area contributed by atoms with Gasteiger partial charge in [-0.05, 0) is 48.5 Å². The van der Waals surface area contributed by atoms with E-state index >= 15 is 0 Å². The molecule has 0 aliphatic heterocycles. The van der Waals surface area contributed by atoms with Crippen LogP contribution in [0.3, 0.4) is 0 Å². The van der Waals surface area contributed by atoms with Crippen LogP contribution >= 0.6 is 0 Å². The Morgan fingerprint density at radius 2 is 1.00 bits per heavy atom. The average Bonchev–Trinajstić information content (AvgIpc) is 2.86. The van der Waals surface area contributed by atoms with Crippen LogP contribution in [-0.2, 0) is 5.41 Å². The summed E-state index contributed by atoms with van der Waals surface area (Å²) in [5, 5.41) is 10.9. The lowest BCUT2D eigenvalue weighted by molar-refractivity contribution is -0.384. The van der Waals surface area contributed by atoms with Gasteiger partial charge in [0.05, 0.1) is 4.92 Å². The van der Waals surface area contributed by atoms with Crippen molar-refractivity contribution in [3.05, 3.63) is 118 Å². The first kappa shape index (κ1) is 27.3. The third kappa shape index (κ3) is 5.17. The van der Waals surface area contributed by atoms with Crippen LogP contribution in [0.5, 0.6) is 23.0 Å². The third-order valence-corrected chi connectivity index (χ3v) is 5.82. The van der Waals surface area contributed by atoms with Gasteiger partial charge in [-0.3, -0.25) is 10.1 Å². The minimum atomic E-state index is -5.93. The molecule has 202 valence electrons. The van der Waals surface area contributed by atoms with Gasteiger partial charge in [0.25, 0.3) is 5.69 Å². The molecule has 0 heterocycles. The SMILES string of the molecule is Nc1ccc(Oc2ccccc2C(c2ccccc2Oc2ccc([N+](=O)[O-])cc2)(C(F)(F)F)C(F)(F)F)cc1. The Kier molecular flexibility index (Phi) is 7.14. The molecule has 0 bridgehead atoms. The number of hydrogen-bond donors (Lipinski definition) is 1. The molecule has 4 aromatic carbocycles. The lowest BCUT2D eigenvalue weighted by Gasteiger charge is -2.39. The largest absolute Gasteiger partial charge is 0.457 e. The Morgan fingerprint density at radius 3 is 1.38 bits per heavy atom. The predicted octanol–water partition coefficient (Wildman–Crippen LogP) is 8.17. The molecule has 0 radical (unpaired) electrons. The van der Waals surface area contributed by atoms with Crippen LogP contribution in [0, 0.1) is 10.1 Å². The predicted molar refractivity (Wildman–Crippen MR) is 130 cm³/mol. The van der Waals surface area contributed by atoms with E-state index in [4.69, 9.17) is 15.2 Å². The van der Waals surface area contributed by atoms with E-state index in [1.807, 2.05) is 0 Å². The van der Waals surface area contributed by atoms with E-state index in [0.717, 1.165) is 48.5 Å². The summed E-state index contributed by atoms with van der Waals surface area (Å²) in [6, 6.07) is 17.3. The van der Waals surface area contributed by atoms with Crippen molar-refractivity contribution >= 4 is 11.4 Å². The third-order valence-electron chi connectivity index (χ3n) is 5.82. The fraction of sp³-hybridized carbons (Fsp3) is 0.111. The van der Waals surface area contributed by atoms with Gasteiger partial charge in [0.15, 0.2) is 0 Å². The number of hydrogen-bond acceptors (Lipinski definition) is 5. The van der Waals surface area contributed by atoms with Gasteiger partial charge in [-0.15, -0.1) is 0 Å². The van der Waals surface area contributed by atoms with E-state index in [0.29, 0.717) is 17.8 Å². The van der Waals surface area contributed by atoms with Gasteiger partial charge >= 0.3 is 12.4 Å². The van der Waals surface area contributed by atoms with Crippen molar-refractivity contribution in [3.8, 4) is 23.0 Å². The normalized spacial score (nSPS) is 12.2. The van der Waals surface area contributed by atoms with Crippen LogP contribution in [0.25, 0.3) is 0 Å². The molecule has 0 aromatic heterocycles.